The van der Waals surface area contributed by atoms with Crippen LogP contribution in [0.4, 0.5) is 0 Å². The molecule has 1 amide bonds. The predicted octanol–water partition coefficient (Wildman–Crippen LogP) is 3.54. The molecular formula is C24H25N3O4S2. The molecule has 7 nitrogen and oxygen atoms in total. The van der Waals surface area contributed by atoms with Crippen molar-refractivity contribution in [1.82, 2.24) is 14.6 Å². The summed E-state index contributed by atoms with van der Waals surface area (Å²) < 4.78 is 33.2. The summed E-state index contributed by atoms with van der Waals surface area (Å²) in [5, 5.41) is 1.74. The fourth-order valence-electron chi connectivity index (χ4n) is 3.79. The molecule has 1 aliphatic rings. The number of rotatable bonds is 7. The number of nitrogens with one attached hydrogen (secondary N) is 1. The van der Waals surface area contributed by atoms with E-state index >= 15 is 0 Å². The first kappa shape index (κ1) is 23.2. The normalized spacial score (nSPS) is 13.8. The molecular weight excluding hydrogens is 458 g/mol. The van der Waals surface area contributed by atoms with E-state index in [4.69, 9.17) is 4.74 Å². The van der Waals surface area contributed by atoms with Crippen LogP contribution >= 0.6 is 11.3 Å². The third kappa shape index (κ3) is 5.32. The van der Waals surface area contributed by atoms with Gasteiger partial charge in [-0.25, -0.2) is 13.1 Å². The Balaban J connectivity index is 1.45. The number of nitrogens with zero attached hydrogens (tertiary/aromatic N) is 2. The number of aryl methyl sites for hydroxylation is 1. The van der Waals surface area contributed by atoms with Crippen LogP contribution in [0, 0.1) is 6.92 Å². The molecule has 0 radical (unpaired) electrons. The second-order valence-electron chi connectivity index (χ2n) is 7.70. The highest BCUT2D eigenvalue weighted by Crippen LogP contribution is 2.25. The maximum atomic E-state index is 12.7. The zero-order chi connectivity index (χ0) is 23.4. The zero-order valence-electron chi connectivity index (χ0n) is 18.4. The molecule has 2 aromatic heterocycles. The molecule has 0 saturated heterocycles. The average molecular weight is 484 g/mol. The lowest BCUT2D eigenvalue weighted by Crippen LogP contribution is -2.36. The molecule has 9 heteroatoms. The van der Waals surface area contributed by atoms with Gasteiger partial charge in [0.05, 0.1) is 7.11 Å². The van der Waals surface area contributed by atoms with E-state index < -0.39 is 10.0 Å². The fourth-order valence-corrected chi connectivity index (χ4v) is 5.82. The molecule has 0 spiro atoms. The van der Waals surface area contributed by atoms with Gasteiger partial charge in [0.25, 0.3) is 0 Å². The average Bonchev–Trinajstić information content (AvgIpc) is 3.38. The maximum absolute atomic E-state index is 12.7. The Hall–Kier alpha value is -3.01. The van der Waals surface area contributed by atoms with Crippen molar-refractivity contribution < 1.29 is 17.9 Å². The van der Waals surface area contributed by atoms with Crippen molar-refractivity contribution in [2.24, 2.45) is 0 Å². The molecule has 0 aliphatic carbocycles. The first-order chi connectivity index (χ1) is 15.9. The van der Waals surface area contributed by atoms with Crippen LogP contribution in [0.1, 0.15) is 27.9 Å². The van der Waals surface area contributed by atoms with Crippen molar-refractivity contribution >= 4 is 33.3 Å². The monoisotopic (exact) mass is 483 g/mol. The summed E-state index contributed by atoms with van der Waals surface area (Å²) in [5.74, 6) is 0.694. The van der Waals surface area contributed by atoms with Gasteiger partial charge in [0.2, 0.25) is 15.9 Å². The molecule has 0 saturated carbocycles. The quantitative estimate of drug-likeness (QED) is 0.520. The number of benzene rings is 1. The zero-order valence-corrected chi connectivity index (χ0v) is 20.1. The molecule has 1 aliphatic heterocycles. The molecule has 3 aromatic rings. The number of methoxy groups -OCH3 is 1. The molecule has 0 bridgehead atoms. The van der Waals surface area contributed by atoms with E-state index in [-0.39, 0.29) is 12.5 Å². The van der Waals surface area contributed by atoms with E-state index in [9.17, 15) is 13.2 Å². The molecule has 3 heterocycles. The summed E-state index contributed by atoms with van der Waals surface area (Å²) in [6.07, 6.45) is 5.80. The van der Waals surface area contributed by atoms with Crippen molar-refractivity contribution in [3.63, 3.8) is 0 Å². The van der Waals surface area contributed by atoms with E-state index in [1.807, 2.05) is 31.2 Å². The minimum atomic E-state index is -3.56. The second kappa shape index (κ2) is 9.86. The van der Waals surface area contributed by atoms with Gasteiger partial charge >= 0.3 is 0 Å². The molecule has 4 rings (SSSR count). The molecule has 1 aromatic carbocycles. The minimum absolute atomic E-state index is 0.0722. The first-order valence-corrected chi connectivity index (χ1v) is 12.8. The third-order valence-corrected chi connectivity index (χ3v) is 8.44. The lowest BCUT2D eigenvalue weighted by atomic mass is 9.95. The summed E-state index contributed by atoms with van der Waals surface area (Å²) in [7, 11) is -1.95. The van der Waals surface area contributed by atoms with Crippen molar-refractivity contribution in [2.75, 3.05) is 13.7 Å². The van der Waals surface area contributed by atoms with Gasteiger partial charge in [-0.1, -0.05) is 18.2 Å². The van der Waals surface area contributed by atoms with Gasteiger partial charge in [-0.05, 0) is 65.3 Å². The van der Waals surface area contributed by atoms with Crippen molar-refractivity contribution in [3.05, 3.63) is 82.0 Å². The summed E-state index contributed by atoms with van der Waals surface area (Å²) in [5.41, 5.74) is 4.61. The minimum Gasteiger partial charge on any atom is -0.497 e. The summed E-state index contributed by atoms with van der Waals surface area (Å²) in [6.45, 7) is 3.06. The maximum Gasteiger partial charge on any atom is 0.250 e. The number of amides is 1. The van der Waals surface area contributed by atoms with Crippen LogP contribution in [0.15, 0.2) is 58.3 Å². The summed E-state index contributed by atoms with van der Waals surface area (Å²) >= 11 is 1.18. The van der Waals surface area contributed by atoms with Gasteiger partial charge in [0.1, 0.15) is 9.96 Å². The number of sulfonamides is 1. The smallest absolute Gasteiger partial charge is 0.250 e. The molecule has 0 unspecified atom stereocenters. The van der Waals surface area contributed by atoms with Gasteiger partial charge in [-0.15, -0.1) is 11.3 Å². The molecule has 0 atom stereocenters. The third-order valence-electron chi connectivity index (χ3n) is 5.64. The van der Waals surface area contributed by atoms with Gasteiger partial charge in [-0.2, -0.15) is 0 Å². The number of ether oxygens (including phenoxy) is 1. The van der Waals surface area contributed by atoms with Crippen LogP contribution in [0.25, 0.3) is 6.08 Å². The highest BCUT2D eigenvalue weighted by atomic mass is 32.2. The number of fused-ring (bicyclic) bond motifs is 1. The highest BCUT2D eigenvalue weighted by Gasteiger charge is 2.24. The molecule has 33 heavy (non-hydrogen) atoms. The number of carbonyl (C=O) groups is 1. The second-order valence-corrected chi connectivity index (χ2v) is 10.6. The van der Waals surface area contributed by atoms with Crippen LogP contribution in [-0.2, 0) is 34.3 Å². The van der Waals surface area contributed by atoms with E-state index in [0.717, 1.165) is 33.7 Å². The number of pyridine rings is 1. The van der Waals surface area contributed by atoms with Gasteiger partial charge < -0.3 is 9.64 Å². The van der Waals surface area contributed by atoms with Crippen LogP contribution in [0.3, 0.4) is 0 Å². The molecule has 0 fully saturated rings. The van der Waals surface area contributed by atoms with E-state index in [1.165, 1.54) is 11.3 Å². The lowest BCUT2D eigenvalue weighted by molar-refractivity contribution is -0.126. The Kier molecular flexibility index (Phi) is 6.92. The number of hydrogen-bond donors (Lipinski definition) is 1. The number of hydrogen-bond acceptors (Lipinski definition) is 6. The SMILES string of the molecule is COc1ccc(/C=C/C(=O)N2CCc3c(cnc(C)c3CNS(=O)(=O)c3cccs3)C2)cc1. The molecule has 172 valence electrons. The van der Waals surface area contributed by atoms with Gasteiger partial charge in [0, 0.05) is 37.6 Å². The number of aromatic nitrogens is 1. The Labute approximate surface area is 197 Å². The Bertz CT molecular complexity index is 1270. The van der Waals surface area contributed by atoms with Crippen LogP contribution in [0.2, 0.25) is 0 Å². The van der Waals surface area contributed by atoms with Gasteiger partial charge in [-0.3, -0.25) is 9.78 Å². The van der Waals surface area contributed by atoms with Crippen molar-refractivity contribution in [3.8, 4) is 5.75 Å². The van der Waals surface area contributed by atoms with Crippen molar-refractivity contribution in [2.45, 2.75) is 30.6 Å². The van der Waals surface area contributed by atoms with E-state index in [2.05, 4.69) is 9.71 Å². The van der Waals surface area contributed by atoms with Gasteiger partial charge in [0.15, 0.2) is 0 Å². The Morgan fingerprint density at radius 3 is 2.76 bits per heavy atom. The topological polar surface area (TPSA) is 88.6 Å². The fraction of sp³-hybridized carbons (Fsp3) is 0.250. The first-order valence-electron chi connectivity index (χ1n) is 10.5. The summed E-state index contributed by atoms with van der Waals surface area (Å²) in [4.78, 5) is 19.0. The standard InChI is InChI=1S/C24H25N3O4S2/c1-17-22(15-26-33(29,30)24-4-3-13-32-24)21-11-12-27(16-19(21)14-25-17)23(28)10-7-18-5-8-20(31-2)9-6-18/h3-10,13-14,26H,11-12,15-16H2,1-2H3/b10-7+. The lowest BCUT2D eigenvalue weighted by Gasteiger charge is -2.30. The van der Waals surface area contributed by atoms with Crippen molar-refractivity contribution in [1.29, 1.82) is 0 Å². The summed E-state index contributed by atoms with van der Waals surface area (Å²) in [6, 6.07) is 10.8. The van der Waals surface area contributed by atoms with Crippen LogP contribution in [-0.4, -0.2) is 37.9 Å². The highest BCUT2D eigenvalue weighted by molar-refractivity contribution is 7.91. The largest absolute Gasteiger partial charge is 0.497 e. The number of carbonyl (C=O) groups excluding carboxylic acids is 1. The van der Waals surface area contributed by atoms with Crippen LogP contribution < -0.4 is 9.46 Å². The Morgan fingerprint density at radius 2 is 2.06 bits per heavy atom. The molecule has 1 N–H and O–H groups in total. The van der Waals surface area contributed by atoms with Crippen LogP contribution in [0.5, 0.6) is 5.75 Å². The predicted molar refractivity (Wildman–Crippen MR) is 128 cm³/mol. The van der Waals surface area contributed by atoms with E-state index in [1.54, 1.807) is 47.9 Å². The van der Waals surface area contributed by atoms with E-state index in [0.29, 0.717) is 23.7 Å². The Morgan fingerprint density at radius 1 is 1.27 bits per heavy atom. The number of thiophene rings is 1.